The molecular weight excluding hydrogens is 524 g/mol. The van der Waals surface area contributed by atoms with E-state index in [1.54, 1.807) is 30.3 Å². The average molecular weight is 557 g/mol. The number of carbonyl (C=O) groups is 6. The predicted molar refractivity (Wildman–Crippen MR) is 143 cm³/mol. The molecule has 0 N–H and O–H groups in total. The van der Waals surface area contributed by atoms with Gasteiger partial charge in [0.25, 0.3) is 0 Å². The van der Waals surface area contributed by atoms with Gasteiger partial charge in [0.15, 0.2) is 12.4 Å². The summed E-state index contributed by atoms with van der Waals surface area (Å²) in [6.45, 7) is -0.259. The van der Waals surface area contributed by atoms with Crippen molar-refractivity contribution in [3.63, 3.8) is 0 Å². The molecule has 9 unspecified atom stereocenters. The molecule has 2 saturated heterocycles. The van der Waals surface area contributed by atoms with Gasteiger partial charge in [-0.25, -0.2) is 4.79 Å². The van der Waals surface area contributed by atoms with Gasteiger partial charge >= 0.3 is 5.97 Å². The number of esters is 1. The lowest BCUT2D eigenvalue weighted by Gasteiger charge is -2.26. The highest BCUT2D eigenvalue weighted by Gasteiger charge is 2.61. The van der Waals surface area contributed by atoms with Crippen LogP contribution in [0.2, 0.25) is 0 Å². The number of unbranched alkanes of at least 4 members (excludes halogenated alkanes) is 1. The van der Waals surface area contributed by atoms with Crippen LogP contribution in [-0.2, 0) is 28.7 Å². The average Bonchev–Trinajstić information content (AvgIpc) is 3.83. The van der Waals surface area contributed by atoms with E-state index in [0.717, 1.165) is 17.7 Å². The molecule has 0 spiro atoms. The van der Waals surface area contributed by atoms with Gasteiger partial charge in [-0.05, 0) is 55.8 Å². The maximum atomic E-state index is 13.5. The largest absolute Gasteiger partial charge is 0.456 e. The van der Waals surface area contributed by atoms with Crippen LogP contribution in [0.5, 0.6) is 0 Å². The molecule has 4 bridgehead atoms. The minimum Gasteiger partial charge on any atom is -0.456 e. The van der Waals surface area contributed by atoms with Crippen LogP contribution < -0.4 is 0 Å². The van der Waals surface area contributed by atoms with Gasteiger partial charge in [-0.1, -0.05) is 54.6 Å². The molecule has 9 nitrogen and oxygen atoms in total. The smallest absolute Gasteiger partial charge is 0.329 e. The fourth-order valence-corrected chi connectivity index (χ4v) is 8.32. The molecule has 2 aliphatic heterocycles. The van der Waals surface area contributed by atoms with Crippen LogP contribution in [0.1, 0.15) is 42.5 Å². The number of allylic oxidation sites excluding steroid dienone is 4. The number of fused-ring (bicyclic) bond motifs is 10. The number of ketones is 1. The van der Waals surface area contributed by atoms with Gasteiger partial charge in [-0.15, -0.1) is 0 Å². The van der Waals surface area contributed by atoms with Gasteiger partial charge in [0.1, 0.15) is 6.04 Å². The van der Waals surface area contributed by atoms with Crippen molar-refractivity contribution in [3.05, 3.63) is 60.2 Å². The first kappa shape index (κ1) is 26.0. The fraction of sp³-hybridized carbons (Fsp3) is 0.500. The first-order valence-corrected chi connectivity index (χ1v) is 14.7. The lowest BCUT2D eigenvalue weighted by atomic mass is 9.85. The predicted octanol–water partition coefficient (Wildman–Crippen LogP) is 2.57. The Hall–Kier alpha value is -3.88. The zero-order valence-electron chi connectivity index (χ0n) is 22.6. The molecule has 9 atom stereocenters. The maximum absolute atomic E-state index is 13.5. The molecule has 1 aromatic rings. The fourth-order valence-electron chi connectivity index (χ4n) is 8.32. The second-order valence-corrected chi connectivity index (χ2v) is 12.3. The van der Waals surface area contributed by atoms with Crippen LogP contribution in [0.3, 0.4) is 0 Å². The van der Waals surface area contributed by atoms with E-state index in [-0.39, 0.29) is 77.9 Å². The van der Waals surface area contributed by atoms with E-state index in [1.807, 2.05) is 12.2 Å². The number of ether oxygens (including phenoxy) is 1. The lowest BCUT2D eigenvalue weighted by molar-refractivity contribution is -0.159. The summed E-state index contributed by atoms with van der Waals surface area (Å²) in [5.74, 6) is -3.26. The second-order valence-electron chi connectivity index (χ2n) is 12.3. The molecule has 9 heteroatoms. The summed E-state index contributed by atoms with van der Waals surface area (Å²) in [6, 6.07) is 7.30. The highest BCUT2D eigenvalue weighted by molar-refractivity contribution is 6.09. The molecule has 2 heterocycles. The van der Waals surface area contributed by atoms with E-state index in [9.17, 15) is 28.8 Å². The Labute approximate surface area is 237 Å². The monoisotopic (exact) mass is 556 g/mol. The molecule has 4 aliphatic carbocycles. The Bertz CT molecular complexity index is 1340. The van der Waals surface area contributed by atoms with Crippen LogP contribution in [-0.4, -0.2) is 64.4 Å². The highest BCUT2D eigenvalue weighted by atomic mass is 16.5. The summed E-state index contributed by atoms with van der Waals surface area (Å²) in [7, 11) is 0. The van der Waals surface area contributed by atoms with Crippen molar-refractivity contribution in [2.45, 2.75) is 38.1 Å². The van der Waals surface area contributed by atoms with Crippen LogP contribution in [0.25, 0.3) is 0 Å². The van der Waals surface area contributed by atoms with E-state index in [4.69, 9.17) is 4.74 Å². The van der Waals surface area contributed by atoms with Crippen LogP contribution in [0.4, 0.5) is 0 Å². The number of carbonyl (C=O) groups excluding carboxylic acids is 6. The van der Waals surface area contributed by atoms with E-state index >= 15 is 0 Å². The van der Waals surface area contributed by atoms with Crippen LogP contribution in [0, 0.1) is 47.3 Å². The summed E-state index contributed by atoms with van der Waals surface area (Å²) in [5, 5.41) is 0. The Balaban J connectivity index is 1.02. The summed E-state index contributed by atoms with van der Waals surface area (Å²) in [4.78, 5) is 81.4. The van der Waals surface area contributed by atoms with E-state index in [1.165, 1.54) is 4.90 Å². The Morgan fingerprint density at radius 3 is 1.78 bits per heavy atom. The van der Waals surface area contributed by atoms with Crippen molar-refractivity contribution < 1.29 is 33.5 Å². The summed E-state index contributed by atoms with van der Waals surface area (Å²) in [6.07, 6.45) is 10.7. The van der Waals surface area contributed by atoms with Gasteiger partial charge in [0, 0.05) is 12.1 Å². The SMILES string of the molecule is O=C(COC(=O)C(CCCCN1C(=O)C2C3C=CC(C3)C2C1=O)N1C(=O)C2C3C=CC(C3)C2C1=O)c1ccccc1. The number of Topliss-reactive ketones (excluding diaryl/α,β-unsaturated/α-hetero) is 1. The van der Waals surface area contributed by atoms with Crippen molar-refractivity contribution in [3.8, 4) is 0 Å². The van der Waals surface area contributed by atoms with Crippen molar-refractivity contribution in [2.75, 3.05) is 13.2 Å². The summed E-state index contributed by atoms with van der Waals surface area (Å²) in [5.41, 5.74) is 0.399. The number of hydrogen-bond donors (Lipinski definition) is 0. The minimum absolute atomic E-state index is 0.000736. The van der Waals surface area contributed by atoms with Gasteiger partial charge in [-0.3, -0.25) is 33.8 Å². The van der Waals surface area contributed by atoms with E-state index in [2.05, 4.69) is 12.2 Å². The minimum atomic E-state index is -1.16. The maximum Gasteiger partial charge on any atom is 0.329 e. The third-order valence-electron chi connectivity index (χ3n) is 10.2. The number of likely N-dealkylation sites (tertiary alicyclic amines) is 2. The second kappa shape index (κ2) is 9.89. The quantitative estimate of drug-likeness (QED) is 0.143. The normalized spacial score (nSPS) is 34.6. The zero-order valence-corrected chi connectivity index (χ0v) is 22.6. The standard InChI is InChI=1S/C32H32N2O7/c35-23(17-6-2-1-3-7-17)16-41-32(40)22(34-30(38)26-20-11-12-21(15-20)27(26)31(34)39)8-4-5-13-33-28(36)24-18-9-10-19(14-18)25(24)29(33)37/h1-3,6-7,9-12,18-22,24-27H,4-5,8,13-16H2. The molecule has 0 aromatic heterocycles. The number of nitrogens with zero attached hydrogens (tertiary/aromatic N) is 2. The topological polar surface area (TPSA) is 118 Å². The third-order valence-corrected chi connectivity index (χ3v) is 10.2. The highest BCUT2D eigenvalue weighted by Crippen LogP contribution is 2.54. The summed E-state index contributed by atoms with van der Waals surface area (Å²) < 4.78 is 5.39. The molecule has 6 aliphatic rings. The molecule has 4 amide bonds. The summed E-state index contributed by atoms with van der Waals surface area (Å²) >= 11 is 0. The molecule has 7 rings (SSSR count). The van der Waals surface area contributed by atoms with Crippen LogP contribution >= 0.6 is 0 Å². The van der Waals surface area contributed by atoms with E-state index < -0.39 is 30.5 Å². The van der Waals surface area contributed by atoms with Crippen molar-refractivity contribution in [1.82, 2.24) is 9.80 Å². The van der Waals surface area contributed by atoms with Crippen molar-refractivity contribution in [2.24, 2.45) is 47.3 Å². The number of amides is 4. The van der Waals surface area contributed by atoms with Gasteiger partial charge in [-0.2, -0.15) is 0 Å². The molecule has 4 fully saturated rings. The van der Waals surface area contributed by atoms with Crippen LogP contribution in [0.15, 0.2) is 54.6 Å². The van der Waals surface area contributed by atoms with Gasteiger partial charge in [0.2, 0.25) is 23.6 Å². The molecule has 41 heavy (non-hydrogen) atoms. The van der Waals surface area contributed by atoms with Crippen molar-refractivity contribution in [1.29, 1.82) is 0 Å². The van der Waals surface area contributed by atoms with Gasteiger partial charge < -0.3 is 4.74 Å². The lowest BCUT2D eigenvalue weighted by Crippen LogP contribution is -2.47. The van der Waals surface area contributed by atoms with Gasteiger partial charge in [0.05, 0.1) is 23.7 Å². The number of hydrogen-bond acceptors (Lipinski definition) is 7. The number of rotatable bonds is 10. The molecule has 0 radical (unpaired) electrons. The number of benzene rings is 1. The zero-order chi connectivity index (χ0) is 28.4. The Morgan fingerprint density at radius 1 is 0.732 bits per heavy atom. The third kappa shape index (κ3) is 4.03. The molecule has 1 aromatic carbocycles. The Kier molecular flexibility index (Phi) is 6.28. The molecular formula is C32H32N2O7. The van der Waals surface area contributed by atoms with E-state index in [0.29, 0.717) is 18.4 Å². The first-order chi connectivity index (χ1) is 19.8. The molecule has 212 valence electrons. The first-order valence-electron chi connectivity index (χ1n) is 14.7. The number of imide groups is 2. The Morgan fingerprint density at radius 2 is 1.24 bits per heavy atom. The van der Waals surface area contributed by atoms with Crippen molar-refractivity contribution >= 4 is 35.4 Å². The molecule has 2 saturated carbocycles.